The molecule has 0 bridgehead atoms. The molecule has 3 aromatic rings. The first-order chi connectivity index (χ1) is 18.4. The number of nitrogens with zero attached hydrogens (tertiary/aromatic N) is 2. The summed E-state index contributed by atoms with van der Waals surface area (Å²) < 4.78 is 18.6. The Bertz CT molecular complexity index is 1340. The molecule has 1 aliphatic heterocycles. The Hall–Kier alpha value is -3.68. The van der Waals surface area contributed by atoms with E-state index in [4.69, 9.17) is 14.2 Å². The quantitative estimate of drug-likeness (QED) is 0.448. The minimum Gasteiger partial charge on any atom is -0.497 e. The van der Waals surface area contributed by atoms with Crippen LogP contribution in [0.15, 0.2) is 42.5 Å². The van der Waals surface area contributed by atoms with Crippen LogP contribution in [0, 0.1) is 0 Å². The predicted molar refractivity (Wildman–Crippen MR) is 146 cm³/mol. The van der Waals surface area contributed by atoms with E-state index in [1.165, 1.54) is 12.8 Å². The van der Waals surface area contributed by atoms with Crippen molar-refractivity contribution in [3.05, 3.63) is 53.7 Å². The zero-order valence-corrected chi connectivity index (χ0v) is 22.7. The highest BCUT2D eigenvalue weighted by Crippen LogP contribution is 2.40. The number of fused-ring (bicyclic) bond motifs is 3. The fourth-order valence-electron chi connectivity index (χ4n) is 5.92. The molecule has 38 heavy (non-hydrogen) atoms. The minimum atomic E-state index is -1.13. The van der Waals surface area contributed by atoms with Crippen LogP contribution < -0.4 is 19.5 Å². The Kier molecular flexibility index (Phi) is 7.23. The van der Waals surface area contributed by atoms with Crippen molar-refractivity contribution in [1.82, 2.24) is 14.8 Å². The number of carbonyl (C=O) groups excluding carboxylic acids is 2. The Morgan fingerprint density at radius 1 is 0.974 bits per heavy atom. The average molecular weight is 520 g/mol. The van der Waals surface area contributed by atoms with Crippen LogP contribution >= 0.6 is 0 Å². The Labute approximate surface area is 223 Å². The average Bonchev–Trinajstić information content (AvgIpc) is 3.12. The lowest BCUT2D eigenvalue weighted by atomic mass is 9.93. The zero-order chi connectivity index (χ0) is 26.9. The van der Waals surface area contributed by atoms with Gasteiger partial charge in [-0.05, 0) is 55.7 Å². The molecule has 1 aromatic heterocycles. The summed E-state index contributed by atoms with van der Waals surface area (Å²) in [7, 11) is 4.84. The molecule has 2 amide bonds. The summed E-state index contributed by atoms with van der Waals surface area (Å²) in [5, 5.41) is 4.11. The maximum absolute atomic E-state index is 14.2. The second kappa shape index (κ2) is 10.6. The molecule has 8 heteroatoms. The zero-order valence-electron chi connectivity index (χ0n) is 22.7. The molecular weight excluding hydrogens is 482 g/mol. The molecule has 202 valence electrons. The lowest BCUT2D eigenvalue weighted by Crippen LogP contribution is -2.64. The van der Waals surface area contributed by atoms with Gasteiger partial charge in [0.1, 0.15) is 28.5 Å². The summed E-state index contributed by atoms with van der Waals surface area (Å²) in [4.78, 5) is 30.0. The van der Waals surface area contributed by atoms with Gasteiger partial charge in [-0.15, -0.1) is 0 Å². The van der Waals surface area contributed by atoms with E-state index < -0.39 is 5.54 Å². The molecule has 8 nitrogen and oxygen atoms in total. The van der Waals surface area contributed by atoms with Crippen molar-refractivity contribution in [3.8, 4) is 17.2 Å². The second-order valence-corrected chi connectivity index (χ2v) is 10.5. The van der Waals surface area contributed by atoms with Gasteiger partial charge >= 0.3 is 0 Å². The number of carbonyl (C=O) groups is 2. The predicted octanol–water partition coefficient (Wildman–Crippen LogP) is 4.92. The standard InChI is InChI=1S/C30H37N3O5/c1-30(29(35)31-21-11-7-5-6-8-12-21)19-32-24(17-23-25(37-3)14-15-26(38-4)27(23)32)28(34)33(30)18-20-10-9-13-22(16-20)36-2/h9-10,13-17,21H,5-8,11-12,18-19H2,1-4H3,(H,31,35)/t30-/m0/s1. The van der Waals surface area contributed by atoms with E-state index in [-0.39, 0.29) is 24.4 Å². The second-order valence-electron chi connectivity index (χ2n) is 10.5. The first kappa shape index (κ1) is 25.9. The van der Waals surface area contributed by atoms with Gasteiger partial charge in [0, 0.05) is 18.0 Å². The van der Waals surface area contributed by atoms with Crippen molar-refractivity contribution in [2.45, 2.75) is 70.1 Å². The van der Waals surface area contributed by atoms with Crippen molar-refractivity contribution in [3.63, 3.8) is 0 Å². The molecule has 5 rings (SSSR count). The molecule has 1 fully saturated rings. The molecule has 2 aromatic carbocycles. The van der Waals surface area contributed by atoms with Gasteiger partial charge in [0.15, 0.2) is 0 Å². The first-order valence-corrected chi connectivity index (χ1v) is 13.4. The molecule has 0 spiro atoms. The van der Waals surface area contributed by atoms with Crippen LogP contribution in [0.1, 0.15) is 61.5 Å². The summed E-state index contributed by atoms with van der Waals surface area (Å²) in [6.07, 6.45) is 6.55. The summed E-state index contributed by atoms with van der Waals surface area (Å²) in [5.74, 6) is 1.65. The third-order valence-electron chi connectivity index (χ3n) is 8.10. The van der Waals surface area contributed by atoms with Crippen molar-refractivity contribution < 1.29 is 23.8 Å². The molecule has 1 saturated carbocycles. The van der Waals surface area contributed by atoms with Crippen LogP contribution in [-0.2, 0) is 17.9 Å². The van der Waals surface area contributed by atoms with Gasteiger partial charge in [-0.1, -0.05) is 37.8 Å². The summed E-state index contributed by atoms with van der Waals surface area (Å²) in [5.41, 5.74) is 1.03. The van der Waals surface area contributed by atoms with Crippen LogP contribution in [0.4, 0.5) is 0 Å². The number of hydrogen-bond donors (Lipinski definition) is 1. The van der Waals surface area contributed by atoms with Gasteiger partial charge in [0.05, 0.1) is 33.4 Å². The van der Waals surface area contributed by atoms with Crippen LogP contribution in [-0.4, -0.2) is 54.2 Å². The smallest absolute Gasteiger partial charge is 0.271 e. The SMILES string of the molecule is COc1cccc(CN2C(=O)c3cc4c(OC)ccc(OC)c4n3C[C@@]2(C)C(=O)NC2CCCCCC2)c1. The summed E-state index contributed by atoms with van der Waals surface area (Å²) in [6.45, 7) is 2.45. The third-order valence-corrected chi connectivity index (χ3v) is 8.10. The van der Waals surface area contributed by atoms with Gasteiger partial charge in [-0.2, -0.15) is 0 Å². The lowest BCUT2D eigenvalue weighted by Gasteiger charge is -2.44. The molecule has 0 saturated heterocycles. The van der Waals surface area contributed by atoms with Gasteiger partial charge in [-0.3, -0.25) is 9.59 Å². The number of nitrogens with one attached hydrogen (secondary N) is 1. The van der Waals surface area contributed by atoms with E-state index in [1.807, 2.05) is 54.0 Å². The Morgan fingerprint density at radius 2 is 1.68 bits per heavy atom. The van der Waals surface area contributed by atoms with Crippen LogP contribution in [0.25, 0.3) is 10.9 Å². The fraction of sp³-hybridized carbons (Fsp3) is 0.467. The van der Waals surface area contributed by atoms with Gasteiger partial charge < -0.3 is 29.0 Å². The summed E-state index contributed by atoms with van der Waals surface area (Å²) >= 11 is 0. The first-order valence-electron chi connectivity index (χ1n) is 13.4. The number of methoxy groups -OCH3 is 3. The maximum Gasteiger partial charge on any atom is 0.271 e. The minimum absolute atomic E-state index is 0.119. The van der Waals surface area contributed by atoms with Crippen LogP contribution in [0.2, 0.25) is 0 Å². The number of aromatic nitrogens is 1. The van der Waals surface area contributed by atoms with E-state index in [0.29, 0.717) is 29.5 Å². The highest BCUT2D eigenvalue weighted by Gasteiger charge is 2.48. The van der Waals surface area contributed by atoms with E-state index in [0.717, 1.165) is 42.1 Å². The van der Waals surface area contributed by atoms with Crippen molar-refractivity contribution >= 4 is 22.7 Å². The van der Waals surface area contributed by atoms with Crippen molar-refractivity contribution in [1.29, 1.82) is 0 Å². The van der Waals surface area contributed by atoms with E-state index in [9.17, 15) is 9.59 Å². The van der Waals surface area contributed by atoms with Gasteiger partial charge in [-0.25, -0.2) is 0 Å². The fourth-order valence-corrected chi connectivity index (χ4v) is 5.92. The number of hydrogen-bond acceptors (Lipinski definition) is 5. The topological polar surface area (TPSA) is 82.0 Å². The molecular formula is C30H37N3O5. The molecule has 2 heterocycles. The molecule has 1 aliphatic carbocycles. The highest BCUT2D eigenvalue weighted by molar-refractivity contribution is 6.05. The maximum atomic E-state index is 14.2. The number of ether oxygens (including phenoxy) is 3. The van der Waals surface area contributed by atoms with E-state index in [2.05, 4.69) is 5.32 Å². The van der Waals surface area contributed by atoms with Crippen LogP contribution in [0.3, 0.4) is 0 Å². The van der Waals surface area contributed by atoms with E-state index >= 15 is 0 Å². The van der Waals surface area contributed by atoms with E-state index in [1.54, 1.807) is 26.2 Å². The largest absolute Gasteiger partial charge is 0.497 e. The number of rotatable bonds is 7. The molecule has 0 unspecified atom stereocenters. The van der Waals surface area contributed by atoms with Gasteiger partial charge in [0.2, 0.25) is 5.91 Å². The summed E-state index contributed by atoms with van der Waals surface area (Å²) in [6, 6.07) is 13.3. The number of amides is 2. The molecule has 1 N–H and O–H groups in total. The highest BCUT2D eigenvalue weighted by atomic mass is 16.5. The van der Waals surface area contributed by atoms with Crippen molar-refractivity contribution in [2.24, 2.45) is 0 Å². The van der Waals surface area contributed by atoms with Crippen molar-refractivity contribution in [2.75, 3.05) is 21.3 Å². The Morgan fingerprint density at radius 3 is 2.37 bits per heavy atom. The third kappa shape index (κ3) is 4.57. The number of benzene rings is 2. The van der Waals surface area contributed by atoms with Crippen LogP contribution in [0.5, 0.6) is 17.2 Å². The normalized spacial score (nSPS) is 20.1. The molecule has 2 aliphatic rings. The lowest BCUT2D eigenvalue weighted by molar-refractivity contribution is -0.134. The molecule has 1 atom stereocenters. The monoisotopic (exact) mass is 519 g/mol. The van der Waals surface area contributed by atoms with Gasteiger partial charge in [0.25, 0.3) is 5.91 Å². The molecule has 0 radical (unpaired) electrons. The Balaban J connectivity index is 1.60.